The molecule has 0 bridgehead atoms. The highest BCUT2D eigenvalue weighted by Crippen LogP contribution is 2.12. The monoisotopic (exact) mass is 311 g/mol. The van der Waals surface area contributed by atoms with Crippen molar-refractivity contribution in [3.8, 4) is 5.75 Å². The van der Waals surface area contributed by atoms with Crippen LogP contribution in [0.1, 0.15) is 12.5 Å². The SMILES string of the molecule is C[C@@H](Oc1ccccc1)C(=O)NCc1ccc2[nH]c(=O)[nH]c2c1. The van der Waals surface area contributed by atoms with Crippen LogP contribution in [0.5, 0.6) is 5.75 Å². The average Bonchev–Trinajstić information content (AvgIpc) is 2.92. The molecule has 3 N–H and O–H groups in total. The van der Waals surface area contributed by atoms with Crippen LogP contribution < -0.4 is 15.7 Å². The number of para-hydroxylation sites is 1. The fraction of sp³-hybridized carbons (Fsp3) is 0.176. The molecule has 3 rings (SSSR count). The van der Waals surface area contributed by atoms with Gasteiger partial charge >= 0.3 is 5.69 Å². The maximum atomic E-state index is 12.1. The molecule has 23 heavy (non-hydrogen) atoms. The molecule has 3 aromatic rings. The molecular formula is C17H17N3O3. The quantitative estimate of drug-likeness (QED) is 0.673. The molecule has 1 atom stereocenters. The van der Waals surface area contributed by atoms with Crippen molar-refractivity contribution >= 4 is 16.9 Å². The molecule has 0 unspecified atom stereocenters. The van der Waals surface area contributed by atoms with E-state index in [2.05, 4.69) is 15.3 Å². The Hall–Kier alpha value is -3.02. The van der Waals surface area contributed by atoms with Gasteiger partial charge in [-0.25, -0.2) is 4.79 Å². The van der Waals surface area contributed by atoms with E-state index in [1.165, 1.54) is 0 Å². The lowest BCUT2D eigenvalue weighted by Gasteiger charge is -2.14. The lowest BCUT2D eigenvalue weighted by Crippen LogP contribution is -2.35. The van der Waals surface area contributed by atoms with Crippen molar-refractivity contribution in [3.63, 3.8) is 0 Å². The Bertz CT molecular complexity index is 867. The number of hydrogen-bond acceptors (Lipinski definition) is 3. The second-order valence-corrected chi connectivity index (χ2v) is 5.25. The molecule has 1 amide bonds. The molecule has 118 valence electrons. The highest BCUT2D eigenvalue weighted by Gasteiger charge is 2.14. The van der Waals surface area contributed by atoms with E-state index in [1.54, 1.807) is 25.1 Å². The van der Waals surface area contributed by atoms with Crippen molar-refractivity contribution in [1.82, 2.24) is 15.3 Å². The number of imidazole rings is 1. The van der Waals surface area contributed by atoms with Crippen LogP contribution in [0.15, 0.2) is 53.3 Å². The molecule has 2 aromatic carbocycles. The molecule has 1 aromatic heterocycles. The maximum Gasteiger partial charge on any atom is 0.323 e. The van der Waals surface area contributed by atoms with Crippen molar-refractivity contribution in [1.29, 1.82) is 0 Å². The van der Waals surface area contributed by atoms with Gasteiger partial charge in [0.1, 0.15) is 5.75 Å². The van der Waals surface area contributed by atoms with Crippen LogP contribution in [0.25, 0.3) is 11.0 Å². The number of ether oxygens (including phenoxy) is 1. The zero-order valence-corrected chi connectivity index (χ0v) is 12.6. The number of amides is 1. The van der Waals surface area contributed by atoms with E-state index in [0.29, 0.717) is 12.3 Å². The van der Waals surface area contributed by atoms with E-state index in [-0.39, 0.29) is 11.6 Å². The molecule has 0 spiro atoms. The number of rotatable bonds is 5. The fourth-order valence-corrected chi connectivity index (χ4v) is 2.28. The van der Waals surface area contributed by atoms with Crippen molar-refractivity contribution in [3.05, 3.63) is 64.6 Å². The van der Waals surface area contributed by atoms with Crippen molar-refractivity contribution < 1.29 is 9.53 Å². The lowest BCUT2D eigenvalue weighted by atomic mass is 10.2. The van der Waals surface area contributed by atoms with Gasteiger partial charge in [-0.3, -0.25) is 4.79 Å². The highest BCUT2D eigenvalue weighted by atomic mass is 16.5. The Morgan fingerprint density at radius 2 is 1.87 bits per heavy atom. The summed E-state index contributed by atoms with van der Waals surface area (Å²) in [6.45, 7) is 2.07. The summed E-state index contributed by atoms with van der Waals surface area (Å²) in [4.78, 5) is 28.7. The van der Waals surface area contributed by atoms with Crippen LogP contribution in [-0.4, -0.2) is 22.0 Å². The minimum absolute atomic E-state index is 0.198. The minimum Gasteiger partial charge on any atom is -0.481 e. The molecule has 6 nitrogen and oxygen atoms in total. The van der Waals surface area contributed by atoms with E-state index in [1.807, 2.05) is 30.3 Å². The third kappa shape index (κ3) is 3.60. The molecule has 0 saturated carbocycles. The van der Waals surface area contributed by atoms with Crippen LogP contribution in [-0.2, 0) is 11.3 Å². The van der Waals surface area contributed by atoms with Crippen LogP contribution in [0.3, 0.4) is 0 Å². The molecule has 0 aliphatic heterocycles. The number of carbonyl (C=O) groups excluding carboxylic acids is 1. The molecule has 1 heterocycles. The number of H-pyrrole nitrogens is 2. The second kappa shape index (κ2) is 6.39. The molecule has 0 aliphatic carbocycles. The Morgan fingerprint density at radius 1 is 1.13 bits per heavy atom. The number of nitrogens with one attached hydrogen (secondary N) is 3. The lowest BCUT2D eigenvalue weighted by molar-refractivity contribution is -0.127. The van der Waals surface area contributed by atoms with E-state index in [4.69, 9.17) is 4.74 Å². The van der Waals surface area contributed by atoms with Gasteiger partial charge in [0.25, 0.3) is 5.91 Å². The summed E-state index contributed by atoms with van der Waals surface area (Å²) in [5.74, 6) is 0.456. The minimum atomic E-state index is -0.590. The van der Waals surface area contributed by atoms with Gasteiger partial charge in [0.15, 0.2) is 6.10 Å². The summed E-state index contributed by atoms with van der Waals surface area (Å²) in [5, 5.41) is 2.82. The molecular weight excluding hydrogens is 294 g/mol. The zero-order chi connectivity index (χ0) is 16.2. The Labute approximate surface area is 132 Å². The van der Waals surface area contributed by atoms with Crippen molar-refractivity contribution in [2.24, 2.45) is 0 Å². The first-order valence-corrected chi connectivity index (χ1v) is 7.32. The fourth-order valence-electron chi connectivity index (χ4n) is 2.28. The molecule has 0 aliphatic rings. The summed E-state index contributed by atoms with van der Waals surface area (Å²) >= 11 is 0. The number of carbonyl (C=O) groups is 1. The second-order valence-electron chi connectivity index (χ2n) is 5.25. The first-order chi connectivity index (χ1) is 11.1. The van der Waals surface area contributed by atoms with E-state index < -0.39 is 6.10 Å². The third-order valence-electron chi connectivity index (χ3n) is 3.47. The van der Waals surface area contributed by atoms with E-state index >= 15 is 0 Å². The normalized spacial score (nSPS) is 12.0. The summed E-state index contributed by atoms with van der Waals surface area (Å²) in [5.41, 5.74) is 2.11. The summed E-state index contributed by atoms with van der Waals surface area (Å²) < 4.78 is 5.57. The summed E-state index contributed by atoms with van der Waals surface area (Å²) in [7, 11) is 0. The van der Waals surface area contributed by atoms with Crippen LogP contribution in [0, 0.1) is 0 Å². The highest BCUT2D eigenvalue weighted by molar-refractivity contribution is 5.81. The first kappa shape index (κ1) is 14.9. The van der Waals surface area contributed by atoms with Gasteiger partial charge in [-0.2, -0.15) is 0 Å². The van der Waals surface area contributed by atoms with E-state index in [9.17, 15) is 9.59 Å². The Morgan fingerprint density at radius 3 is 2.65 bits per heavy atom. The van der Waals surface area contributed by atoms with Gasteiger partial charge in [-0.05, 0) is 36.8 Å². The Balaban J connectivity index is 1.59. The third-order valence-corrected chi connectivity index (χ3v) is 3.47. The largest absolute Gasteiger partial charge is 0.481 e. The Kier molecular flexibility index (Phi) is 4.14. The maximum absolute atomic E-state index is 12.1. The van der Waals surface area contributed by atoms with Crippen molar-refractivity contribution in [2.75, 3.05) is 0 Å². The van der Waals surface area contributed by atoms with Gasteiger partial charge in [0.2, 0.25) is 0 Å². The predicted octanol–water partition coefficient (Wildman–Crippen LogP) is 1.94. The van der Waals surface area contributed by atoms with Gasteiger partial charge in [-0.15, -0.1) is 0 Å². The van der Waals surface area contributed by atoms with Gasteiger partial charge in [0.05, 0.1) is 11.0 Å². The van der Waals surface area contributed by atoms with Crippen molar-refractivity contribution in [2.45, 2.75) is 19.6 Å². The summed E-state index contributed by atoms with van der Waals surface area (Å²) in [6.07, 6.45) is -0.590. The average molecular weight is 311 g/mol. The van der Waals surface area contributed by atoms with Crippen LogP contribution in [0.4, 0.5) is 0 Å². The van der Waals surface area contributed by atoms with Gasteiger partial charge in [0, 0.05) is 6.54 Å². The number of aromatic nitrogens is 2. The zero-order valence-electron chi connectivity index (χ0n) is 12.6. The van der Waals surface area contributed by atoms with Gasteiger partial charge in [-0.1, -0.05) is 24.3 Å². The topological polar surface area (TPSA) is 87.0 Å². The number of aromatic amines is 2. The van der Waals surface area contributed by atoms with E-state index in [0.717, 1.165) is 16.6 Å². The molecule has 6 heteroatoms. The molecule has 0 radical (unpaired) electrons. The van der Waals surface area contributed by atoms with Gasteiger partial charge < -0.3 is 20.0 Å². The number of hydrogen-bond donors (Lipinski definition) is 3. The first-order valence-electron chi connectivity index (χ1n) is 7.32. The summed E-state index contributed by atoms with van der Waals surface area (Å²) in [6, 6.07) is 14.7. The predicted molar refractivity (Wildman–Crippen MR) is 87.3 cm³/mol. The number of fused-ring (bicyclic) bond motifs is 1. The standard InChI is InChI=1S/C17H17N3O3/c1-11(23-13-5-3-2-4-6-13)16(21)18-10-12-7-8-14-15(9-12)20-17(22)19-14/h2-9,11H,10H2,1H3,(H,18,21)(H2,19,20,22)/t11-/m1/s1. The molecule has 0 saturated heterocycles. The smallest absolute Gasteiger partial charge is 0.323 e. The molecule has 0 fully saturated rings. The van der Waals surface area contributed by atoms with Crippen LogP contribution in [0.2, 0.25) is 0 Å². The van der Waals surface area contributed by atoms with Crippen LogP contribution >= 0.6 is 0 Å². The number of benzene rings is 2.